The molecule has 0 fully saturated rings. The number of halogens is 2. The van der Waals surface area contributed by atoms with Crippen LogP contribution in [0.2, 0.25) is 0 Å². The molecule has 3 rings (SSSR count). The predicted molar refractivity (Wildman–Crippen MR) is 111 cm³/mol. The van der Waals surface area contributed by atoms with E-state index in [-0.39, 0.29) is 36.2 Å². The van der Waals surface area contributed by atoms with Crippen LogP contribution < -0.4 is 16.2 Å². The van der Waals surface area contributed by atoms with E-state index in [4.69, 9.17) is 4.74 Å². The summed E-state index contributed by atoms with van der Waals surface area (Å²) in [6.07, 6.45) is 3.25. The van der Waals surface area contributed by atoms with Crippen LogP contribution in [0.4, 0.5) is 14.6 Å². The second kappa shape index (κ2) is 8.52. The van der Waals surface area contributed by atoms with Crippen LogP contribution in [0.5, 0.6) is 0 Å². The zero-order chi connectivity index (χ0) is 22.9. The van der Waals surface area contributed by atoms with Gasteiger partial charge in [0.15, 0.2) is 6.61 Å². The lowest BCUT2D eigenvalue weighted by Crippen LogP contribution is -2.45. The largest absolute Gasteiger partial charge is 0.471 e. The van der Waals surface area contributed by atoms with E-state index in [9.17, 15) is 18.4 Å². The molecule has 168 valence electrons. The van der Waals surface area contributed by atoms with Gasteiger partial charge in [-0.3, -0.25) is 15.0 Å². The molecule has 3 N–H and O–H groups in total. The van der Waals surface area contributed by atoms with Crippen molar-refractivity contribution in [2.45, 2.75) is 53.1 Å². The van der Waals surface area contributed by atoms with Crippen LogP contribution in [0, 0.1) is 5.92 Å². The first-order chi connectivity index (χ1) is 14.5. The Morgan fingerprint density at radius 2 is 2.06 bits per heavy atom. The van der Waals surface area contributed by atoms with Crippen molar-refractivity contribution in [1.29, 1.82) is 0 Å². The minimum absolute atomic E-state index is 0.174. The van der Waals surface area contributed by atoms with Crippen molar-refractivity contribution in [3.63, 3.8) is 0 Å². The highest BCUT2D eigenvalue weighted by Gasteiger charge is 2.35. The Morgan fingerprint density at radius 1 is 1.35 bits per heavy atom. The number of hydrogen-bond donors (Lipinski definition) is 3. The number of hydrazine groups is 1. The van der Waals surface area contributed by atoms with Crippen molar-refractivity contribution in [3.8, 4) is 0 Å². The maximum atomic E-state index is 13.1. The van der Waals surface area contributed by atoms with Gasteiger partial charge in [-0.05, 0) is 26.0 Å². The number of alkyl halides is 2. The van der Waals surface area contributed by atoms with Gasteiger partial charge < -0.3 is 20.4 Å². The van der Waals surface area contributed by atoms with Gasteiger partial charge in [-0.15, -0.1) is 0 Å². The van der Waals surface area contributed by atoms with Crippen LogP contribution in [0.3, 0.4) is 0 Å². The van der Waals surface area contributed by atoms with Gasteiger partial charge in [-0.25, -0.2) is 13.8 Å². The smallest absolute Gasteiger partial charge is 0.278 e. The normalized spacial score (nSPS) is 17.1. The van der Waals surface area contributed by atoms with Crippen LogP contribution in [-0.4, -0.2) is 40.3 Å². The number of amides is 2. The molecular weight excluding hydrogens is 408 g/mol. The molecule has 0 bridgehead atoms. The van der Waals surface area contributed by atoms with E-state index in [1.807, 2.05) is 6.92 Å². The van der Waals surface area contributed by atoms with Gasteiger partial charge in [0.2, 0.25) is 11.8 Å². The van der Waals surface area contributed by atoms with Crippen LogP contribution in [0.15, 0.2) is 35.5 Å². The lowest BCUT2D eigenvalue weighted by Gasteiger charge is -2.31. The summed E-state index contributed by atoms with van der Waals surface area (Å²) < 4.78 is 31.3. The number of fused-ring (bicyclic) bond motifs is 1. The molecule has 0 spiro atoms. The zero-order valence-corrected chi connectivity index (χ0v) is 18.2. The molecule has 2 aliphatic rings. The molecule has 1 atom stereocenters. The minimum Gasteiger partial charge on any atom is -0.471 e. The molecule has 0 radical (unpaired) electrons. The number of allylic oxidation sites excluding steroid dienone is 2. The van der Waals surface area contributed by atoms with E-state index in [1.54, 1.807) is 37.8 Å². The first-order valence-electron chi connectivity index (χ1n) is 10.0. The van der Waals surface area contributed by atoms with Gasteiger partial charge in [0.25, 0.3) is 11.8 Å². The number of anilines is 1. The van der Waals surface area contributed by atoms with Gasteiger partial charge in [0, 0.05) is 35.7 Å². The molecule has 0 aromatic carbocycles. The molecule has 1 unspecified atom stereocenters. The lowest BCUT2D eigenvalue weighted by molar-refractivity contribution is -0.118. The molecule has 10 heteroatoms. The maximum absolute atomic E-state index is 13.1. The first-order valence-corrected chi connectivity index (χ1v) is 10.0. The molecule has 8 nitrogen and oxygen atoms in total. The summed E-state index contributed by atoms with van der Waals surface area (Å²) in [4.78, 5) is 31.0. The summed E-state index contributed by atoms with van der Waals surface area (Å²) in [7, 11) is 0. The zero-order valence-electron chi connectivity index (χ0n) is 18.2. The third-order valence-corrected chi connectivity index (χ3v) is 5.08. The van der Waals surface area contributed by atoms with Crippen molar-refractivity contribution >= 4 is 17.6 Å². The van der Waals surface area contributed by atoms with Crippen LogP contribution >= 0.6 is 0 Å². The van der Waals surface area contributed by atoms with Gasteiger partial charge in [0.1, 0.15) is 5.82 Å². The Hall–Kier alpha value is -3.17. The first kappa shape index (κ1) is 22.5. The number of nitrogens with zero attached hydrogens (tertiary/aromatic N) is 2. The Bertz CT molecular complexity index is 953. The van der Waals surface area contributed by atoms with Crippen LogP contribution in [0.25, 0.3) is 0 Å². The number of aromatic nitrogens is 1. The molecule has 3 heterocycles. The highest BCUT2D eigenvalue weighted by molar-refractivity contribution is 6.01. The van der Waals surface area contributed by atoms with E-state index < -0.39 is 12.5 Å². The van der Waals surface area contributed by atoms with Gasteiger partial charge >= 0.3 is 0 Å². The molecule has 1 aromatic heterocycles. The number of ether oxygens (including phenoxy) is 1. The molecule has 0 aliphatic carbocycles. The highest BCUT2D eigenvalue weighted by atomic mass is 19.3. The lowest BCUT2D eigenvalue weighted by atomic mass is 10.1. The SMILES string of the molecule is CC1=C(OCC(C)(F)F)NNC(C(C)N2Cc3c(ccnc3NC(=O)C(C)C)C2=O)=C1. The highest BCUT2D eigenvalue weighted by Crippen LogP contribution is 2.31. The maximum Gasteiger partial charge on any atom is 0.278 e. The third-order valence-electron chi connectivity index (χ3n) is 5.08. The Morgan fingerprint density at radius 3 is 2.68 bits per heavy atom. The van der Waals surface area contributed by atoms with Crippen molar-refractivity contribution in [1.82, 2.24) is 20.7 Å². The van der Waals surface area contributed by atoms with Crippen molar-refractivity contribution in [2.75, 3.05) is 11.9 Å². The molecular formula is C21H27F2N5O3. The molecule has 31 heavy (non-hydrogen) atoms. The fraction of sp³-hybridized carbons (Fsp3) is 0.476. The van der Waals surface area contributed by atoms with Crippen molar-refractivity contribution in [2.24, 2.45) is 5.92 Å². The van der Waals surface area contributed by atoms with E-state index in [0.717, 1.165) is 6.92 Å². The topological polar surface area (TPSA) is 95.6 Å². The summed E-state index contributed by atoms with van der Waals surface area (Å²) >= 11 is 0. The number of rotatable bonds is 7. The number of carbonyl (C=O) groups is 2. The average Bonchev–Trinajstić information content (AvgIpc) is 3.03. The second-order valence-electron chi connectivity index (χ2n) is 8.16. The van der Waals surface area contributed by atoms with E-state index in [2.05, 4.69) is 21.2 Å². The van der Waals surface area contributed by atoms with Crippen molar-refractivity contribution < 1.29 is 23.1 Å². The van der Waals surface area contributed by atoms with E-state index in [1.165, 1.54) is 6.20 Å². The Labute approximate surface area is 179 Å². The van der Waals surface area contributed by atoms with Gasteiger partial charge in [0.05, 0.1) is 18.3 Å². The molecule has 1 aromatic rings. The fourth-order valence-electron chi connectivity index (χ4n) is 3.24. The molecule has 2 amide bonds. The number of nitrogens with one attached hydrogen (secondary N) is 3. The number of hydrogen-bond acceptors (Lipinski definition) is 6. The van der Waals surface area contributed by atoms with Gasteiger partial charge in [-0.2, -0.15) is 0 Å². The average molecular weight is 435 g/mol. The van der Waals surface area contributed by atoms with Crippen molar-refractivity contribution in [3.05, 3.63) is 46.6 Å². The predicted octanol–water partition coefficient (Wildman–Crippen LogP) is 2.92. The number of carbonyl (C=O) groups excluding carboxylic acids is 2. The molecule has 0 saturated heterocycles. The van der Waals surface area contributed by atoms with E-state index >= 15 is 0 Å². The van der Waals surface area contributed by atoms with Gasteiger partial charge in [-0.1, -0.05) is 13.8 Å². The summed E-state index contributed by atoms with van der Waals surface area (Å²) in [6.45, 7) is 7.46. The third kappa shape index (κ3) is 4.95. The second-order valence-corrected chi connectivity index (χ2v) is 8.16. The Balaban J connectivity index is 1.77. The summed E-state index contributed by atoms with van der Waals surface area (Å²) in [5.74, 6) is -2.93. The standard InChI is InChI=1S/C21H27F2N5O3/c1-11(2)18(29)25-17-15-9-28(20(30)14(15)6-7-24-17)13(4)16-8-12(3)19(27-26-16)31-10-21(5,22)23/h6-8,11,13,26-27H,9-10H2,1-5H3,(H,24,25,29). The molecule has 0 saturated carbocycles. The Kier molecular flexibility index (Phi) is 6.19. The minimum atomic E-state index is -2.95. The van der Waals surface area contributed by atoms with E-state index in [0.29, 0.717) is 28.2 Å². The summed E-state index contributed by atoms with van der Waals surface area (Å²) in [5.41, 5.74) is 8.17. The summed E-state index contributed by atoms with van der Waals surface area (Å²) in [5, 5.41) is 2.78. The fourth-order valence-corrected chi connectivity index (χ4v) is 3.24. The molecule has 2 aliphatic heterocycles. The van der Waals surface area contributed by atoms with Crippen LogP contribution in [0.1, 0.15) is 50.5 Å². The monoisotopic (exact) mass is 435 g/mol. The summed E-state index contributed by atoms with van der Waals surface area (Å²) in [6, 6.07) is 1.28. The quantitative estimate of drug-likeness (QED) is 0.610. The number of pyridine rings is 1. The van der Waals surface area contributed by atoms with Crippen LogP contribution in [-0.2, 0) is 16.1 Å².